The molecule has 0 bridgehead atoms. The Morgan fingerprint density at radius 3 is 2.58 bits per heavy atom. The van der Waals surface area contributed by atoms with Crippen LogP contribution in [-0.2, 0) is 23.8 Å². The monoisotopic (exact) mass is 619 g/mol. The van der Waals surface area contributed by atoms with Crippen LogP contribution in [0.15, 0.2) is 35.2 Å². The molecule has 1 atom stereocenters. The number of hydrogen-bond acceptors (Lipinski definition) is 10. The Hall–Kier alpha value is -2.94. The summed E-state index contributed by atoms with van der Waals surface area (Å²) < 4.78 is 45.2. The van der Waals surface area contributed by atoms with Gasteiger partial charge in [0.25, 0.3) is 5.91 Å². The highest BCUT2D eigenvalue weighted by Crippen LogP contribution is 2.31. The van der Waals surface area contributed by atoms with Crippen molar-refractivity contribution in [3.63, 3.8) is 0 Å². The Kier molecular flexibility index (Phi) is 11.5. The minimum Gasteiger partial charge on any atom is -0.458 e. The van der Waals surface area contributed by atoms with E-state index >= 15 is 0 Å². The molecule has 0 aliphatic carbocycles. The third kappa shape index (κ3) is 9.04. The lowest BCUT2D eigenvalue weighted by Gasteiger charge is -2.22. The zero-order chi connectivity index (χ0) is 29.3. The molecule has 0 spiro atoms. The maximum atomic E-state index is 14.2. The summed E-state index contributed by atoms with van der Waals surface area (Å²) in [5.74, 6) is -5.25. The fraction of sp³-hybridized carbons (Fsp3) is 0.440. The van der Waals surface area contributed by atoms with E-state index in [-0.39, 0.29) is 19.1 Å². The molecule has 3 rings (SSSR count). The van der Waals surface area contributed by atoms with Crippen molar-refractivity contribution in [1.82, 2.24) is 10.0 Å². The quantitative estimate of drug-likeness (QED) is 0.245. The third-order valence-electron chi connectivity index (χ3n) is 5.57. The molecule has 0 radical (unpaired) electrons. The smallest absolute Gasteiger partial charge is 0.458 e. The molecule has 2 amide bonds. The van der Waals surface area contributed by atoms with Crippen molar-refractivity contribution < 1.29 is 42.2 Å². The number of nitrogens with zero attached hydrogens (tertiary/aromatic N) is 1. The standard InChI is InChI=1S/C25H28ClF2N3O7S2/c1-3-36-24(35)38-14-25(27,28)13-37-23(34)16(12-29-22(33)19-9-10-20(26)39-19)30-40-18-7-4-6-17(15(18)2)31-11-5-8-21(31)32/h4,6-7,9-10,16,30H,3,5,8,11-14H2,1-2H3,(H,29,33)/t16-/m0/s1. The van der Waals surface area contributed by atoms with Crippen molar-refractivity contribution in [3.8, 4) is 0 Å². The van der Waals surface area contributed by atoms with E-state index < -0.39 is 43.2 Å². The summed E-state index contributed by atoms with van der Waals surface area (Å²) >= 11 is 7.95. The van der Waals surface area contributed by atoms with Gasteiger partial charge in [-0.25, -0.2) is 9.52 Å². The van der Waals surface area contributed by atoms with Crippen LogP contribution in [-0.4, -0.2) is 68.8 Å². The summed E-state index contributed by atoms with van der Waals surface area (Å²) in [6, 6.07) is 7.16. The SMILES string of the molecule is CCOC(=O)OCC(F)(F)COC(=O)[C@H](CNC(=O)c1ccc(Cl)s1)NSc1cccc(N2CCCC2=O)c1C. The number of amides is 2. The predicted molar refractivity (Wildman–Crippen MR) is 146 cm³/mol. The zero-order valence-electron chi connectivity index (χ0n) is 21.7. The van der Waals surface area contributed by atoms with Gasteiger partial charge in [0, 0.05) is 30.1 Å². The number of benzene rings is 1. The van der Waals surface area contributed by atoms with E-state index in [0.29, 0.717) is 27.1 Å². The lowest BCUT2D eigenvalue weighted by molar-refractivity contribution is -0.162. The molecule has 0 saturated carbocycles. The number of ether oxygens (including phenoxy) is 3. The molecule has 2 N–H and O–H groups in total. The van der Waals surface area contributed by atoms with Crippen LogP contribution >= 0.6 is 34.9 Å². The maximum Gasteiger partial charge on any atom is 0.508 e. The average molecular weight is 620 g/mol. The summed E-state index contributed by atoms with van der Waals surface area (Å²) in [6.07, 6.45) is -0.0471. The van der Waals surface area contributed by atoms with Gasteiger partial charge in [-0.2, -0.15) is 8.78 Å². The Morgan fingerprint density at radius 2 is 1.93 bits per heavy atom. The van der Waals surface area contributed by atoms with Crippen molar-refractivity contribution in [1.29, 1.82) is 0 Å². The van der Waals surface area contributed by atoms with Gasteiger partial charge in [-0.1, -0.05) is 17.7 Å². The number of halogens is 3. The van der Waals surface area contributed by atoms with Crippen molar-refractivity contribution in [3.05, 3.63) is 45.1 Å². The number of carbonyl (C=O) groups excluding carboxylic acids is 4. The molecule has 1 aromatic heterocycles. The van der Waals surface area contributed by atoms with Crippen LogP contribution in [0.1, 0.15) is 35.0 Å². The summed E-state index contributed by atoms with van der Waals surface area (Å²) in [5, 5.41) is 2.57. The molecule has 218 valence electrons. The van der Waals surface area contributed by atoms with E-state index in [2.05, 4.69) is 19.5 Å². The van der Waals surface area contributed by atoms with Crippen LogP contribution in [0, 0.1) is 6.92 Å². The largest absolute Gasteiger partial charge is 0.508 e. The number of rotatable bonds is 13. The van der Waals surface area contributed by atoms with Gasteiger partial charge >= 0.3 is 18.0 Å². The first-order valence-corrected chi connectivity index (χ1v) is 14.2. The number of thiophene rings is 1. The maximum absolute atomic E-state index is 14.2. The molecular weight excluding hydrogens is 592 g/mol. The second kappa shape index (κ2) is 14.6. The van der Waals surface area contributed by atoms with Gasteiger partial charge in [0.05, 0.1) is 15.8 Å². The minimum absolute atomic E-state index is 0.0175. The first-order chi connectivity index (χ1) is 19.0. The third-order valence-corrected chi connectivity index (χ3v) is 7.86. The van der Waals surface area contributed by atoms with E-state index in [1.54, 1.807) is 23.1 Å². The molecule has 1 aliphatic heterocycles. The molecule has 15 heteroatoms. The highest BCUT2D eigenvalue weighted by molar-refractivity contribution is 7.97. The second-order valence-electron chi connectivity index (χ2n) is 8.57. The second-order valence-corrected chi connectivity index (χ2v) is 11.2. The normalized spacial score (nSPS) is 14.1. The summed E-state index contributed by atoms with van der Waals surface area (Å²) in [6.45, 7) is 0.853. The molecule has 10 nitrogen and oxygen atoms in total. The number of alkyl halides is 2. The topological polar surface area (TPSA) is 123 Å². The fourth-order valence-corrected chi connectivity index (χ4v) is 5.39. The molecule has 1 saturated heterocycles. The number of esters is 1. The molecule has 1 aliphatic rings. The van der Waals surface area contributed by atoms with Crippen LogP contribution in [0.4, 0.5) is 19.3 Å². The minimum atomic E-state index is -3.68. The summed E-state index contributed by atoms with van der Waals surface area (Å²) in [5.41, 5.74) is 1.51. The fourth-order valence-electron chi connectivity index (χ4n) is 3.58. The Balaban J connectivity index is 1.67. The van der Waals surface area contributed by atoms with Gasteiger partial charge in [0.1, 0.15) is 6.04 Å². The highest BCUT2D eigenvalue weighted by atomic mass is 35.5. The van der Waals surface area contributed by atoms with Gasteiger partial charge in [0.15, 0.2) is 13.2 Å². The molecule has 2 aromatic rings. The first kappa shape index (κ1) is 31.6. The summed E-state index contributed by atoms with van der Waals surface area (Å²) in [4.78, 5) is 51.4. The van der Waals surface area contributed by atoms with Crippen LogP contribution in [0.5, 0.6) is 0 Å². The van der Waals surface area contributed by atoms with Crippen LogP contribution in [0.3, 0.4) is 0 Å². The number of carbonyl (C=O) groups is 4. The van der Waals surface area contributed by atoms with E-state index in [1.807, 2.05) is 13.0 Å². The van der Waals surface area contributed by atoms with E-state index in [1.165, 1.54) is 13.0 Å². The molecule has 40 heavy (non-hydrogen) atoms. The molecular formula is C25H28ClF2N3O7S2. The number of nitrogens with one attached hydrogen (secondary N) is 2. The van der Waals surface area contributed by atoms with E-state index in [9.17, 15) is 28.0 Å². The van der Waals surface area contributed by atoms with E-state index in [0.717, 1.165) is 41.0 Å². The van der Waals surface area contributed by atoms with Crippen molar-refractivity contribution in [2.24, 2.45) is 0 Å². The van der Waals surface area contributed by atoms with Gasteiger partial charge in [-0.05, 0) is 62.0 Å². The van der Waals surface area contributed by atoms with Crippen molar-refractivity contribution in [2.75, 3.05) is 37.8 Å². The lowest BCUT2D eigenvalue weighted by atomic mass is 10.2. The Morgan fingerprint density at radius 1 is 1.18 bits per heavy atom. The van der Waals surface area contributed by atoms with Crippen LogP contribution in [0.25, 0.3) is 0 Å². The van der Waals surface area contributed by atoms with Crippen molar-refractivity contribution >= 4 is 64.5 Å². The molecule has 0 unspecified atom stereocenters. The van der Waals surface area contributed by atoms with Gasteiger partial charge in [-0.15, -0.1) is 11.3 Å². The first-order valence-electron chi connectivity index (χ1n) is 12.2. The molecule has 1 fully saturated rings. The summed E-state index contributed by atoms with van der Waals surface area (Å²) in [7, 11) is 0. The number of hydrogen-bond donors (Lipinski definition) is 2. The lowest BCUT2D eigenvalue weighted by Crippen LogP contribution is -2.45. The van der Waals surface area contributed by atoms with Crippen molar-refractivity contribution in [2.45, 2.75) is 43.5 Å². The van der Waals surface area contributed by atoms with Crippen LogP contribution < -0.4 is 14.9 Å². The molecule has 1 aromatic carbocycles. The Labute approximate surface area is 242 Å². The zero-order valence-corrected chi connectivity index (χ0v) is 24.1. The van der Waals surface area contributed by atoms with Gasteiger partial charge < -0.3 is 24.4 Å². The van der Waals surface area contributed by atoms with E-state index in [4.69, 9.17) is 16.3 Å². The molecule has 2 heterocycles. The van der Waals surface area contributed by atoms with Gasteiger partial charge in [-0.3, -0.25) is 14.4 Å². The predicted octanol–water partition coefficient (Wildman–Crippen LogP) is 4.58. The Bertz CT molecular complexity index is 1230. The van der Waals surface area contributed by atoms with Gasteiger partial charge in [0.2, 0.25) is 5.91 Å². The highest BCUT2D eigenvalue weighted by Gasteiger charge is 2.35. The average Bonchev–Trinajstić information content (AvgIpc) is 3.55. The number of anilines is 1. The van der Waals surface area contributed by atoms with Crippen LogP contribution in [0.2, 0.25) is 4.34 Å².